The zero-order chi connectivity index (χ0) is 17.5. The van der Waals surface area contributed by atoms with E-state index in [1.807, 2.05) is 53.7 Å². The Balaban J connectivity index is 1.45. The minimum Gasteiger partial charge on any atom is -0.468 e. The summed E-state index contributed by atoms with van der Waals surface area (Å²) in [4.78, 5) is 21.7. The third-order valence-electron chi connectivity index (χ3n) is 5.39. The van der Waals surface area contributed by atoms with E-state index in [1.165, 1.54) is 0 Å². The number of aromatic nitrogens is 2. The predicted molar refractivity (Wildman–Crippen MR) is 95.4 cm³/mol. The van der Waals surface area contributed by atoms with E-state index < -0.39 is 0 Å². The molecule has 132 valence electrons. The molecule has 2 aliphatic heterocycles. The molecule has 3 aromatic heterocycles. The Hall–Kier alpha value is -2.86. The van der Waals surface area contributed by atoms with Crippen LogP contribution in [-0.4, -0.2) is 44.4 Å². The third kappa shape index (κ3) is 2.54. The topological polar surface area (TPSA) is 54.5 Å². The highest BCUT2D eigenvalue weighted by atomic mass is 16.3. The molecule has 6 nitrogen and oxygen atoms in total. The van der Waals surface area contributed by atoms with Gasteiger partial charge in [0.1, 0.15) is 11.5 Å². The fourth-order valence-electron chi connectivity index (χ4n) is 4.22. The van der Waals surface area contributed by atoms with E-state index in [-0.39, 0.29) is 18.0 Å². The predicted octanol–water partition coefficient (Wildman–Crippen LogP) is 2.56. The Labute approximate surface area is 151 Å². The second-order valence-electron chi connectivity index (χ2n) is 7.00. The molecule has 3 aromatic rings. The minimum absolute atomic E-state index is 0.0972. The number of likely N-dealkylation sites (tertiary alicyclic amines) is 1. The van der Waals surface area contributed by atoms with E-state index in [9.17, 15) is 4.79 Å². The average molecular weight is 348 g/mol. The molecule has 2 unspecified atom stereocenters. The molecule has 6 heteroatoms. The molecule has 0 spiro atoms. The van der Waals surface area contributed by atoms with Gasteiger partial charge in [-0.25, -0.2) is 0 Å². The molecule has 1 amide bonds. The molecule has 0 saturated carbocycles. The van der Waals surface area contributed by atoms with Crippen LogP contribution < -0.4 is 0 Å². The van der Waals surface area contributed by atoms with Gasteiger partial charge in [0.15, 0.2) is 0 Å². The van der Waals surface area contributed by atoms with Gasteiger partial charge in [-0.15, -0.1) is 0 Å². The van der Waals surface area contributed by atoms with Gasteiger partial charge in [0.25, 0.3) is 5.91 Å². The largest absolute Gasteiger partial charge is 0.468 e. The van der Waals surface area contributed by atoms with Gasteiger partial charge < -0.3 is 13.9 Å². The monoisotopic (exact) mass is 348 g/mol. The highest BCUT2D eigenvalue weighted by molar-refractivity contribution is 5.94. The normalized spacial score (nSPS) is 22.5. The Bertz CT molecular complexity index is 903. The number of furan rings is 1. The quantitative estimate of drug-likeness (QED) is 0.727. The van der Waals surface area contributed by atoms with Crippen LogP contribution in [0.4, 0.5) is 0 Å². The number of amides is 1. The lowest BCUT2D eigenvalue weighted by atomic mass is 10.0. The van der Waals surface area contributed by atoms with Crippen molar-refractivity contribution in [2.24, 2.45) is 0 Å². The van der Waals surface area contributed by atoms with Crippen LogP contribution in [0.15, 0.2) is 65.7 Å². The Morgan fingerprint density at radius 2 is 2.00 bits per heavy atom. The van der Waals surface area contributed by atoms with Gasteiger partial charge >= 0.3 is 0 Å². The summed E-state index contributed by atoms with van der Waals surface area (Å²) < 4.78 is 7.66. The van der Waals surface area contributed by atoms with E-state index in [2.05, 4.69) is 14.5 Å². The fourth-order valence-corrected chi connectivity index (χ4v) is 4.22. The number of nitrogens with zero attached hydrogens (tertiary/aromatic N) is 4. The Morgan fingerprint density at radius 3 is 2.81 bits per heavy atom. The zero-order valence-electron chi connectivity index (χ0n) is 14.4. The van der Waals surface area contributed by atoms with E-state index in [1.54, 1.807) is 12.5 Å². The van der Waals surface area contributed by atoms with Crippen LogP contribution in [0.25, 0.3) is 0 Å². The summed E-state index contributed by atoms with van der Waals surface area (Å²) in [5.41, 5.74) is 1.83. The first-order valence-electron chi connectivity index (χ1n) is 8.91. The molecular weight excluding hydrogens is 328 g/mol. The summed E-state index contributed by atoms with van der Waals surface area (Å²) in [7, 11) is 0. The first kappa shape index (κ1) is 15.4. The summed E-state index contributed by atoms with van der Waals surface area (Å²) in [6.07, 6.45) is 7.34. The number of fused-ring (bicyclic) bond motifs is 3. The second-order valence-corrected chi connectivity index (χ2v) is 7.00. The van der Waals surface area contributed by atoms with Crippen LogP contribution in [0.5, 0.6) is 0 Å². The van der Waals surface area contributed by atoms with Crippen molar-refractivity contribution in [1.29, 1.82) is 0 Å². The van der Waals surface area contributed by atoms with Crippen LogP contribution in [0.2, 0.25) is 0 Å². The number of pyridine rings is 1. The Kier molecular flexibility index (Phi) is 3.64. The molecule has 0 N–H and O–H groups in total. The van der Waals surface area contributed by atoms with Gasteiger partial charge in [0, 0.05) is 38.2 Å². The molecule has 0 radical (unpaired) electrons. The van der Waals surface area contributed by atoms with Crippen molar-refractivity contribution in [3.05, 3.63) is 78.3 Å². The molecule has 5 rings (SSSR count). The lowest BCUT2D eigenvalue weighted by Crippen LogP contribution is -2.49. The number of carbonyl (C=O) groups excluding carboxylic acids is 1. The van der Waals surface area contributed by atoms with Gasteiger partial charge in [-0.05, 0) is 35.9 Å². The van der Waals surface area contributed by atoms with Crippen molar-refractivity contribution in [3.8, 4) is 0 Å². The third-order valence-corrected chi connectivity index (χ3v) is 5.39. The highest BCUT2D eigenvalue weighted by Gasteiger charge is 2.44. The molecule has 2 aliphatic rings. The number of hydrogen-bond acceptors (Lipinski definition) is 4. The van der Waals surface area contributed by atoms with Crippen LogP contribution in [-0.2, 0) is 13.1 Å². The summed E-state index contributed by atoms with van der Waals surface area (Å²) in [6.45, 7) is 3.11. The molecule has 0 aliphatic carbocycles. The standard InChI is InChI=1S/C20H20N4O2/c25-20-17-6-2-8-23(17)18-13-22(12-16-5-3-9-26-16)14-19(18)24(20)11-15-4-1-7-21-10-15/h1-10,18-19H,11-14H2. The van der Waals surface area contributed by atoms with E-state index in [4.69, 9.17) is 4.42 Å². The van der Waals surface area contributed by atoms with Crippen LogP contribution >= 0.6 is 0 Å². The van der Waals surface area contributed by atoms with Crippen molar-refractivity contribution in [3.63, 3.8) is 0 Å². The highest BCUT2D eigenvalue weighted by Crippen LogP contribution is 2.35. The average Bonchev–Trinajstić information content (AvgIpc) is 3.40. The molecular formula is C20H20N4O2. The minimum atomic E-state index is 0.0972. The summed E-state index contributed by atoms with van der Waals surface area (Å²) in [5.74, 6) is 1.06. The van der Waals surface area contributed by atoms with E-state index in [0.29, 0.717) is 6.54 Å². The van der Waals surface area contributed by atoms with Gasteiger partial charge in [-0.2, -0.15) is 0 Å². The molecule has 1 fully saturated rings. The fraction of sp³-hybridized carbons (Fsp3) is 0.300. The van der Waals surface area contributed by atoms with Crippen LogP contribution in [0.1, 0.15) is 27.9 Å². The van der Waals surface area contributed by atoms with Crippen molar-refractivity contribution < 1.29 is 9.21 Å². The van der Waals surface area contributed by atoms with Crippen molar-refractivity contribution in [2.75, 3.05) is 13.1 Å². The van der Waals surface area contributed by atoms with Crippen molar-refractivity contribution in [2.45, 2.75) is 25.2 Å². The molecule has 5 heterocycles. The maximum Gasteiger partial charge on any atom is 0.271 e. The van der Waals surface area contributed by atoms with E-state index >= 15 is 0 Å². The number of hydrogen-bond donors (Lipinski definition) is 0. The Morgan fingerprint density at radius 1 is 1.08 bits per heavy atom. The van der Waals surface area contributed by atoms with Crippen LogP contribution in [0, 0.1) is 0 Å². The number of rotatable bonds is 4. The van der Waals surface area contributed by atoms with Gasteiger partial charge in [0.05, 0.1) is 24.9 Å². The van der Waals surface area contributed by atoms with Crippen molar-refractivity contribution >= 4 is 5.91 Å². The summed E-state index contributed by atoms with van der Waals surface area (Å²) in [6, 6.07) is 12.2. The van der Waals surface area contributed by atoms with Gasteiger partial charge in [-0.3, -0.25) is 14.7 Å². The second kappa shape index (κ2) is 6.14. The molecule has 2 atom stereocenters. The van der Waals surface area contributed by atoms with Gasteiger partial charge in [-0.1, -0.05) is 6.07 Å². The smallest absolute Gasteiger partial charge is 0.271 e. The molecule has 1 saturated heterocycles. The lowest BCUT2D eigenvalue weighted by Gasteiger charge is -2.38. The maximum absolute atomic E-state index is 13.1. The molecule has 0 aromatic carbocycles. The SMILES string of the molecule is O=C1c2cccn2C2CN(Cc3ccco3)CC2N1Cc1cccnc1. The zero-order valence-corrected chi connectivity index (χ0v) is 14.4. The summed E-state index contributed by atoms with van der Waals surface area (Å²) in [5, 5.41) is 0. The van der Waals surface area contributed by atoms with Crippen LogP contribution in [0.3, 0.4) is 0 Å². The maximum atomic E-state index is 13.1. The molecule has 26 heavy (non-hydrogen) atoms. The van der Waals surface area contributed by atoms with E-state index in [0.717, 1.165) is 36.7 Å². The first-order valence-corrected chi connectivity index (χ1v) is 8.91. The van der Waals surface area contributed by atoms with Gasteiger partial charge in [0.2, 0.25) is 0 Å². The lowest BCUT2D eigenvalue weighted by molar-refractivity contribution is 0.0556. The number of carbonyl (C=O) groups is 1. The first-order chi connectivity index (χ1) is 12.8. The summed E-state index contributed by atoms with van der Waals surface area (Å²) >= 11 is 0. The molecule has 0 bridgehead atoms. The van der Waals surface area contributed by atoms with Crippen molar-refractivity contribution in [1.82, 2.24) is 19.4 Å².